The lowest BCUT2D eigenvalue weighted by Gasteiger charge is -2.28. The first-order valence-corrected chi connectivity index (χ1v) is 14.9. The second kappa shape index (κ2) is 8.50. The summed E-state index contributed by atoms with van der Waals surface area (Å²) in [6, 6.07) is 44.1. The van der Waals surface area contributed by atoms with Crippen LogP contribution in [0, 0.1) is 0 Å². The van der Waals surface area contributed by atoms with E-state index < -0.39 is 0 Å². The molecule has 10 rings (SSSR count). The molecule has 0 amide bonds. The number of hydrogen-bond acceptors (Lipinski definition) is 2. The number of hydrogen-bond donors (Lipinski definition) is 0. The molecule has 3 heterocycles. The molecule has 6 aromatic carbocycles. The van der Waals surface area contributed by atoms with Gasteiger partial charge in [-0.3, -0.25) is 0 Å². The molecule has 0 saturated heterocycles. The summed E-state index contributed by atoms with van der Waals surface area (Å²) in [6.07, 6.45) is 9.13. The molecule has 1 aliphatic heterocycles. The zero-order valence-electron chi connectivity index (χ0n) is 23.3. The molecule has 0 radical (unpaired) electrons. The molecule has 0 fully saturated rings. The lowest BCUT2D eigenvalue weighted by molar-refractivity contribution is 0.668. The van der Waals surface area contributed by atoms with E-state index in [1.165, 1.54) is 49.5 Å². The molecule has 2 aliphatic rings. The Balaban J connectivity index is 1.24. The summed E-state index contributed by atoms with van der Waals surface area (Å²) in [5.74, 6) is 0.242. The van der Waals surface area contributed by atoms with E-state index in [1.54, 1.807) is 0 Å². The molecule has 0 saturated carbocycles. The average Bonchev–Trinajstić information content (AvgIpc) is 3.71. The highest BCUT2D eigenvalue weighted by Gasteiger charge is 2.39. The van der Waals surface area contributed by atoms with Gasteiger partial charge in [-0.15, -0.1) is 0 Å². The zero-order chi connectivity index (χ0) is 28.1. The van der Waals surface area contributed by atoms with Crippen LogP contribution < -0.4 is 4.90 Å². The number of para-hydroxylation sites is 2. The van der Waals surface area contributed by atoms with E-state index in [0.29, 0.717) is 0 Å². The van der Waals surface area contributed by atoms with Crippen LogP contribution in [-0.4, -0.2) is 10.6 Å². The highest BCUT2D eigenvalue weighted by molar-refractivity contribution is 6.14. The Bertz CT molecular complexity index is 2490. The highest BCUT2D eigenvalue weighted by Crippen LogP contribution is 2.53. The van der Waals surface area contributed by atoms with Gasteiger partial charge in [0.25, 0.3) is 0 Å². The molecule has 43 heavy (non-hydrogen) atoms. The van der Waals surface area contributed by atoms with Crippen LogP contribution in [0.2, 0.25) is 0 Å². The summed E-state index contributed by atoms with van der Waals surface area (Å²) in [7, 11) is 0. The normalized spacial score (nSPS) is 17.5. The van der Waals surface area contributed by atoms with Gasteiger partial charge in [-0.1, -0.05) is 91.0 Å². The first kappa shape index (κ1) is 23.1. The third-order valence-electron chi connectivity index (χ3n) is 9.48. The van der Waals surface area contributed by atoms with Gasteiger partial charge in [0.05, 0.1) is 17.1 Å². The maximum atomic E-state index is 6.33. The molecule has 8 aromatic rings. The molecule has 3 heteroatoms. The van der Waals surface area contributed by atoms with Crippen LogP contribution in [0.1, 0.15) is 11.5 Å². The van der Waals surface area contributed by atoms with E-state index in [-0.39, 0.29) is 12.0 Å². The van der Waals surface area contributed by atoms with Crippen LogP contribution in [0.4, 0.5) is 11.4 Å². The van der Waals surface area contributed by atoms with Crippen LogP contribution in [0.3, 0.4) is 0 Å². The van der Waals surface area contributed by atoms with Crippen molar-refractivity contribution in [2.45, 2.75) is 12.0 Å². The van der Waals surface area contributed by atoms with Crippen molar-refractivity contribution >= 4 is 65.9 Å². The van der Waals surface area contributed by atoms with E-state index in [4.69, 9.17) is 4.42 Å². The van der Waals surface area contributed by atoms with Crippen molar-refractivity contribution in [2.75, 3.05) is 4.90 Å². The van der Waals surface area contributed by atoms with Crippen LogP contribution >= 0.6 is 0 Å². The summed E-state index contributed by atoms with van der Waals surface area (Å²) < 4.78 is 8.77. The SMILES string of the molecule is C1=CC2c3c(ccc4c3c3ccccc3n4-c3ccc4ccccc4c3)N(c3ccc4c(c3)oc3ccccc34)C2C=C1. The van der Waals surface area contributed by atoms with Crippen LogP contribution in [0.25, 0.3) is 60.2 Å². The summed E-state index contributed by atoms with van der Waals surface area (Å²) in [6.45, 7) is 0. The first-order valence-electron chi connectivity index (χ1n) is 14.9. The Morgan fingerprint density at radius 2 is 1.30 bits per heavy atom. The topological polar surface area (TPSA) is 21.3 Å². The summed E-state index contributed by atoms with van der Waals surface area (Å²) in [5, 5.41) is 7.45. The molecule has 0 spiro atoms. The number of aromatic nitrogens is 1. The third kappa shape index (κ3) is 3.14. The molecule has 2 unspecified atom stereocenters. The minimum atomic E-state index is 0.190. The van der Waals surface area contributed by atoms with Crippen LogP contribution in [0.5, 0.6) is 0 Å². The Morgan fingerprint density at radius 3 is 2.26 bits per heavy atom. The van der Waals surface area contributed by atoms with Gasteiger partial charge >= 0.3 is 0 Å². The van der Waals surface area contributed by atoms with Gasteiger partial charge in [0, 0.05) is 50.6 Å². The standard InChI is InChI=1S/C40H26N2O/c1-2-10-26-23-27(18-17-25(26)9-1)41-33-14-6-3-12-31(33)39-35(41)21-22-36-40(39)32-13-4-7-15-34(32)42(36)28-19-20-30-29-11-5-8-16-37(29)43-38(30)24-28/h1-24,32,34H. The maximum Gasteiger partial charge on any atom is 0.137 e. The molecular weight excluding hydrogens is 524 g/mol. The predicted molar refractivity (Wildman–Crippen MR) is 179 cm³/mol. The molecule has 2 atom stereocenters. The molecule has 1 aliphatic carbocycles. The van der Waals surface area contributed by atoms with Gasteiger partial charge in [0.2, 0.25) is 0 Å². The van der Waals surface area contributed by atoms with Crippen molar-refractivity contribution in [1.29, 1.82) is 0 Å². The van der Waals surface area contributed by atoms with E-state index >= 15 is 0 Å². The van der Waals surface area contributed by atoms with E-state index in [1.807, 2.05) is 12.1 Å². The fraction of sp³-hybridized carbons (Fsp3) is 0.0500. The quantitative estimate of drug-likeness (QED) is 0.213. The van der Waals surface area contributed by atoms with Gasteiger partial charge in [-0.2, -0.15) is 0 Å². The summed E-state index contributed by atoms with van der Waals surface area (Å²) in [5.41, 5.74) is 9.32. The number of furan rings is 1. The molecular formula is C40H26N2O. The molecule has 3 nitrogen and oxygen atoms in total. The number of fused-ring (bicyclic) bond motifs is 11. The minimum absolute atomic E-state index is 0.190. The Morgan fingerprint density at radius 1 is 0.535 bits per heavy atom. The number of allylic oxidation sites excluding steroid dienone is 2. The number of rotatable bonds is 2. The van der Waals surface area contributed by atoms with Gasteiger partial charge < -0.3 is 13.9 Å². The molecule has 0 N–H and O–H groups in total. The van der Waals surface area contributed by atoms with Crippen LogP contribution in [-0.2, 0) is 0 Å². The Kier molecular flexibility index (Phi) is 4.56. The highest BCUT2D eigenvalue weighted by atomic mass is 16.3. The van der Waals surface area contributed by atoms with Crippen molar-refractivity contribution in [2.24, 2.45) is 0 Å². The number of anilines is 2. The lowest BCUT2D eigenvalue weighted by atomic mass is 9.88. The van der Waals surface area contributed by atoms with Gasteiger partial charge in [0.15, 0.2) is 0 Å². The van der Waals surface area contributed by atoms with Crippen molar-refractivity contribution in [3.8, 4) is 5.69 Å². The Labute approximate surface area is 248 Å². The second-order valence-electron chi connectivity index (χ2n) is 11.7. The van der Waals surface area contributed by atoms with E-state index in [0.717, 1.165) is 27.6 Å². The van der Waals surface area contributed by atoms with Crippen molar-refractivity contribution in [3.63, 3.8) is 0 Å². The third-order valence-corrected chi connectivity index (χ3v) is 9.48. The fourth-order valence-electron chi connectivity index (χ4n) is 7.66. The fourth-order valence-corrected chi connectivity index (χ4v) is 7.66. The first-order chi connectivity index (χ1) is 21.3. The zero-order valence-corrected chi connectivity index (χ0v) is 23.3. The van der Waals surface area contributed by atoms with Crippen molar-refractivity contribution < 1.29 is 4.42 Å². The van der Waals surface area contributed by atoms with E-state index in [9.17, 15) is 0 Å². The van der Waals surface area contributed by atoms with Crippen molar-refractivity contribution in [3.05, 3.63) is 151 Å². The van der Waals surface area contributed by atoms with E-state index in [2.05, 4.69) is 143 Å². The largest absolute Gasteiger partial charge is 0.456 e. The predicted octanol–water partition coefficient (Wildman–Crippen LogP) is 10.6. The Hall–Kier alpha value is -5.54. The van der Waals surface area contributed by atoms with Crippen LogP contribution in [0.15, 0.2) is 150 Å². The molecule has 0 bridgehead atoms. The molecule has 202 valence electrons. The number of nitrogens with zero attached hydrogens (tertiary/aromatic N) is 2. The average molecular weight is 551 g/mol. The number of benzene rings is 6. The summed E-state index contributed by atoms with van der Waals surface area (Å²) >= 11 is 0. The molecule has 2 aromatic heterocycles. The van der Waals surface area contributed by atoms with Gasteiger partial charge in [0.1, 0.15) is 11.2 Å². The maximum absolute atomic E-state index is 6.33. The van der Waals surface area contributed by atoms with Crippen molar-refractivity contribution in [1.82, 2.24) is 4.57 Å². The van der Waals surface area contributed by atoms with Gasteiger partial charge in [-0.25, -0.2) is 0 Å². The minimum Gasteiger partial charge on any atom is -0.456 e. The van der Waals surface area contributed by atoms with Gasteiger partial charge in [-0.05, 0) is 64.9 Å². The second-order valence-corrected chi connectivity index (χ2v) is 11.7. The monoisotopic (exact) mass is 550 g/mol. The summed E-state index contributed by atoms with van der Waals surface area (Å²) in [4.78, 5) is 2.51. The smallest absolute Gasteiger partial charge is 0.137 e. The lowest BCUT2D eigenvalue weighted by Crippen LogP contribution is -2.28.